The summed E-state index contributed by atoms with van der Waals surface area (Å²) in [6, 6.07) is 3.13. The van der Waals surface area contributed by atoms with E-state index in [2.05, 4.69) is 0 Å². The molecule has 0 radical (unpaired) electrons. The van der Waals surface area contributed by atoms with Gasteiger partial charge in [0.2, 0.25) is 0 Å². The van der Waals surface area contributed by atoms with Crippen molar-refractivity contribution < 1.29 is 14.8 Å². The molecule has 3 nitrogen and oxygen atoms in total. The van der Waals surface area contributed by atoms with Crippen LogP contribution < -0.4 is 10.2 Å². The molecule has 0 unspecified atom stereocenters. The summed E-state index contributed by atoms with van der Waals surface area (Å²) in [5.74, 6) is 0.804. The lowest BCUT2D eigenvalue weighted by atomic mass is 9.79. The van der Waals surface area contributed by atoms with Crippen LogP contribution in [0.25, 0.3) is 0 Å². The molecule has 0 aliphatic rings. The van der Waals surface area contributed by atoms with Crippen LogP contribution in [0.4, 0.5) is 0 Å². The van der Waals surface area contributed by atoms with Gasteiger partial charge >= 0.3 is 7.12 Å². The van der Waals surface area contributed by atoms with Crippen LogP contribution in [0.1, 0.15) is 25.3 Å². The normalized spacial score (nSPS) is 10.6. The largest absolute Gasteiger partial charge is 0.496 e. The third kappa shape index (κ3) is 2.65. The summed E-state index contributed by atoms with van der Waals surface area (Å²) in [4.78, 5) is 0. The van der Waals surface area contributed by atoms with E-state index in [1.807, 2.05) is 13.8 Å². The van der Waals surface area contributed by atoms with Gasteiger partial charge in [-0.3, -0.25) is 0 Å². The Morgan fingerprint density at radius 2 is 1.93 bits per heavy atom. The Hall–Kier alpha value is -0.705. The van der Waals surface area contributed by atoms with Crippen molar-refractivity contribution in [2.24, 2.45) is 0 Å². The van der Waals surface area contributed by atoms with E-state index in [0.717, 1.165) is 5.56 Å². The first kappa shape index (κ1) is 12.4. The summed E-state index contributed by atoms with van der Waals surface area (Å²) >= 11 is 6.05. The molecule has 1 aromatic carbocycles. The monoisotopic (exact) mass is 228 g/mol. The molecule has 0 atom stereocenters. The van der Waals surface area contributed by atoms with Crippen molar-refractivity contribution in [2.75, 3.05) is 7.11 Å². The molecular weight excluding hydrogens is 214 g/mol. The van der Waals surface area contributed by atoms with Gasteiger partial charge in [-0.1, -0.05) is 25.4 Å². The standard InChI is InChI=1S/C10H14BClO3/c1-6(2)10-8(12)4-7(11(13)14)5-9(10)15-3/h4-6,13-14H,1-3H3. The molecule has 0 aromatic heterocycles. The van der Waals surface area contributed by atoms with E-state index in [1.165, 1.54) is 7.11 Å². The maximum absolute atomic E-state index is 9.04. The second-order valence-corrected chi connectivity index (χ2v) is 4.05. The van der Waals surface area contributed by atoms with E-state index in [0.29, 0.717) is 16.2 Å². The van der Waals surface area contributed by atoms with Crippen LogP contribution in [-0.2, 0) is 0 Å². The summed E-state index contributed by atoms with van der Waals surface area (Å²) in [6.45, 7) is 4.00. The molecule has 0 bridgehead atoms. The predicted octanol–water partition coefficient (Wildman–Crippen LogP) is 1.15. The van der Waals surface area contributed by atoms with Gasteiger partial charge in [-0.25, -0.2) is 0 Å². The fourth-order valence-corrected chi connectivity index (χ4v) is 1.93. The number of ether oxygens (including phenoxy) is 1. The lowest BCUT2D eigenvalue weighted by Gasteiger charge is -2.15. The Morgan fingerprint density at radius 3 is 2.33 bits per heavy atom. The Bertz CT molecular complexity index is 353. The molecule has 0 aliphatic heterocycles. The molecule has 0 aliphatic carbocycles. The molecule has 15 heavy (non-hydrogen) atoms. The van der Waals surface area contributed by atoms with E-state index in [9.17, 15) is 0 Å². The number of methoxy groups -OCH3 is 1. The minimum atomic E-state index is -1.53. The zero-order chi connectivity index (χ0) is 11.6. The molecule has 0 saturated heterocycles. The second kappa shape index (κ2) is 4.88. The first-order chi connectivity index (χ1) is 6.97. The number of hydrogen-bond donors (Lipinski definition) is 2. The zero-order valence-corrected chi connectivity index (χ0v) is 9.75. The maximum Gasteiger partial charge on any atom is 0.488 e. The Labute approximate surface area is 94.8 Å². The summed E-state index contributed by atoms with van der Waals surface area (Å²) < 4.78 is 5.17. The maximum atomic E-state index is 9.04. The molecule has 0 amide bonds. The topological polar surface area (TPSA) is 49.7 Å². The third-order valence-electron chi connectivity index (χ3n) is 2.21. The molecule has 0 spiro atoms. The fraction of sp³-hybridized carbons (Fsp3) is 0.400. The quantitative estimate of drug-likeness (QED) is 0.763. The van der Waals surface area contributed by atoms with E-state index < -0.39 is 7.12 Å². The minimum absolute atomic E-state index is 0.220. The lowest BCUT2D eigenvalue weighted by molar-refractivity contribution is 0.405. The van der Waals surface area contributed by atoms with E-state index in [4.69, 9.17) is 26.4 Å². The highest BCUT2D eigenvalue weighted by Gasteiger charge is 2.18. The van der Waals surface area contributed by atoms with Crippen LogP contribution in [0.3, 0.4) is 0 Å². The lowest BCUT2D eigenvalue weighted by Crippen LogP contribution is -2.30. The molecular formula is C10H14BClO3. The van der Waals surface area contributed by atoms with Gasteiger partial charge in [0.15, 0.2) is 0 Å². The minimum Gasteiger partial charge on any atom is -0.496 e. The van der Waals surface area contributed by atoms with Crippen LogP contribution in [0.2, 0.25) is 5.02 Å². The van der Waals surface area contributed by atoms with Crippen molar-refractivity contribution in [1.82, 2.24) is 0 Å². The number of hydrogen-bond acceptors (Lipinski definition) is 3. The van der Waals surface area contributed by atoms with Gasteiger partial charge in [0.05, 0.1) is 7.11 Å². The van der Waals surface area contributed by atoms with Gasteiger partial charge < -0.3 is 14.8 Å². The predicted molar refractivity (Wildman–Crippen MR) is 61.9 cm³/mol. The van der Waals surface area contributed by atoms with Crippen LogP contribution >= 0.6 is 11.6 Å². The van der Waals surface area contributed by atoms with E-state index in [1.54, 1.807) is 12.1 Å². The Morgan fingerprint density at radius 1 is 1.33 bits per heavy atom. The van der Waals surface area contributed by atoms with Gasteiger partial charge in [-0.2, -0.15) is 0 Å². The highest BCUT2D eigenvalue weighted by molar-refractivity contribution is 6.59. The third-order valence-corrected chi connectivity index (χ3v) is 2.52. The molecule has 1 aromatic rings. The van der Waals surface area contributed by atoms with Crippen molar-refractivity contribution in [1.29, 1.82) is 0 Å². The average Bonchev–Trinajstić information content (AvgIpc) is 2.15. The van der Waals surface area contributed by atoms with Crippen molar-refractivity contribution in [3.63, 3.8) is 0 Å². The first-order valence-electron chi connectivity index (χ1n) is 4.70. The molecule has 0 saturated carbocycles. The summed E-state index contributed by atoms with van der Waals surface area (Å²) in [6.07, 6.45) is 0. The summed E-state index contributed by atoms with van der Waals surface area (Å²) in [5.41, 5.74) is 1.21. The summed E-state index contributed by atoms with van der Waals surface area (Å²) in [5, 5.41) is 18.6. The van der Waals surface area contributed by atoms with Gasteiger partial charge in [-0.05, 0) is 23.5 Å². The SMILES string of the molecule is COc1cc(B(O)O)cc(Cl)c1C(C)C. The smallest absolute Gasteiger partial charge is 0.488 e. The zero-order valence-electron chi connectivity index (χ0n) is 8.99. The molecule has 0 fully saturated rings. The molecule has 5 heteroatoms. The van der Waals surface area contributed by atoms with Crippen molar-refractivity contribution in [2.45, 2.75) is 19.8 Å². The first-order valence-corrected chi connectivity index (χ1v) is 5.08. The van der Waals surface area contributed by atoms with Crippen LogP contribution in [0, 0.1) is 0 Å². The Kier molecular flexibility index (Phi) is 4.02. The average molecular weight is 228 g/mol. The van der Waals surface area contributed by atoms with Gasteiger partial charge in [0.25, 0.3) is 0 Å². The molecule has 82 valence electrons. The molecule has 1 rings (SSSR count). The van der Waals surface area contributed by atoms with Gasteiger partial charge in [-0.15, -0.1) is 0 Å². The van der Waals surface area contributed by atoms with E-state index >= 15 is 0 Å². The van der Waals surface area contributed by atoms with Crippen molar-refractivity contribution in [3.8, 4) is 5.75 Å². The van der Waals surface area contributed by atoms with E-state index in [-0.39, 0.29) is 5.92 Å². The number of benzene rings is 1. The highest BCUT2D eigenvalue weighted by Crippen LogP contribution is 2.32. The van der Waals surface area contributed by atoms with Crippen LogP contribution in [0.15, 0.2) is 12.1 Å². The number of rotatable bonds is 3. The van der Waals surface area contributed by atoms with Crippen molar-refractivity contribution >= 4 is 24.2 Å². The molecule has 2 N–H and O–H groups in total. The molecule has 0 heterocycles. The number of halogens is 1. The highest BCUT2D eigenvalue weighted by atomic mass is 35.5. The summed E-state index contributed by atoms with van der Waals surface area (Å²) in [7, 11) is 0.00283. The van der Waals surface area contributed by atoms with Crippen LogP contribution in [0.5, 0.6) is 5.75 Å². The Balaban J connectivity index is 3.31. The van der Waals surface area contributed by atoms with Crippen LogP contribution in [-0.4, -0.2) is 24.3 Å². The van der Waals surface area contributed by atoms with Crippen molar-refractivity contribution in [3.05, 3.63) is 22.7 Å². The van der Waals surface area contributed by atoms with Gasteiger partial charge in [0, 0.05) is 10.6 Å². The van der Waals surface area contributed by atoms with Gasteiger partial charge in [0.1, 0.15) is 5.75 Å². The second-order valence-electron chi connectivity index (χ2n) is 3.65. The fourth-order valence-electron chi connectivity index (χ4n) is 1.49.